The van der Waals surface area contributed by atoms with E-state index in [-0.39, 0.29) is 0 Å². The highest BCUT2D eigenvalue weighted by molar-refractivity contribution is 9.10. The maximum atomic E-state index is 5.54. The Bertz CT molecular complexity index is 474. The summed E-state index contributed by atoms with van der Waals surface area (Å²) < 4.78 is 3.16. The van der Waals surface area contributed by atoms with Gasteiger partial charge in [-0.25, -0.2) is 4.98 Å². The minimum absolute atomic E-state index is 0.636. The average molecular weight is 280 g/mol. The molecule has 0 atom stereocenters. The molecular formula is C12H14BrN3. The Balaban J connectivity index is 2.33. The molecule has 1 aromatic carbocycles. The molecule has 2 rings (SSSR count). The van der Waals surface area contributed by atoms with Crippen molar-refractivity contribution in [1.29, 1.82) is 0 Å². The molecule has 2 N–H and O–H groups in total. The molecule has 0 radical (unpaired) electrons. The first kappa shape index (κ1) is 11.4. The standard InChI is InChI=1S/C12H14BrN3/c1-9-15-12(8-16(9)7-6-14)10-2-4-11(13)5-3-10/h2-5,8H,6-7,14H2,1H3. The van der Waals surface area contributed by atoms with E-state index in [4.69, 9.17) is 5.73 Å². The summed E-state index contributed by atoms with van der Waals surface area (Å²) in [7, 11) is 0. The molecule has 0 aliphatic carbocycles. The molecule has 16 heavy (non-hydrogen) atoms. The van der Waals surface area contributed by atoms with Gasteiger partial charge in [-0.2, -0.15) is 0 Å². The fourth-order valence-corrected chi connectivity index (χ4v) is 1.90. The Labute approximate surface area is 103 Å². The van der Waals surface area contributed by atoms with E-state index in [1.165, 1.54) is 0 Å². The van der Waals surface area contributed by atoms with Gasteiger partial charge in [-0.05, 0) is 19.1 Å². The minimum Gasteiger partial charge on any atom is -0.333 e. The molecule has 1 heterocycles. The van der Waals surface area contributed by atoms with Gasteiger partial charge in [0.15, 0.2) is 0 Å². The van der Waals surface area contributed by atoms with Crippen LogP contribution in [0.4, 0.5) is 0 Å². The number of aryl methyl sites for hydroxylation is 1. The first-order valence-corrected chi connectivity index (χ1v) is 6.00. The van der Waals surface area contributed by atoms with E-state index in [2.05, 4.69) is 37.6 Å². The maximum absolute atomic E-state index is 5.54. The molecule has 0 fully saturated rings. The van der Waals surface area contributed by atoms with Crippen LogP contribution in [0.3, 0.4) is 0 Å². The molecule has 0 saturated heterocycles. The van der Waals surface area contributed by atoms with Crippen LogP contribution in [0.5, 0.6) is 0 Å². The smallest absolute Gasteiger partial charge is 0.106 e. The van der Waals surface area contributed by atoms with Gasteiger partial charge in [-0.3, -0.25) is 0 Å². The van der Waals surface area contributed by atoms with Crippen LogP contribution in [0.25, 0.3) is 11.3 Å². The fraction of sp³-hybridized carbons (Fsp3) is 0.250. The largest absolute Gasteiger partial charge is 0.333 e. The number of rotatable bonds is 3. The molecule has 0 aliphatic heterocycles. The summed E-state index contributed by atoms with van der Waals surface area (Å²) in [4.78, 5) is 4.52. The quantitative estimate of drug-likeness (QED) is 0.939. The Kier molecular flexibility index (Phi) is 3.41. The average Bonchev–Trinajstić information content (AvgIpc) is 2.62. The highest BCUT2D eigenvalue weighted by Gasteiger charge is 2.05. The highest BCUT2D eigenvalue weighted by Crippen LogP contribution is 2.20. The van der Waals surface area contributed by atoms with Crippen molar-refractivity contribution in [3.05, 3.63) is 40.8 Å². The van der Waals surface area contributed by atoms with Crippen molar-refractivity contribution < 1.29 is 0 Å². The summed E-state index contributed by atoms with van der Waals surface area (Å²) in [6.07, 6.45) is 2.05. The molecule has 0 spiro atoms. The number of aromatic nitrogens is 2. The molecule has 4 heteroatoms. The molecule has 3 nitrogen and oxygen atoms in total. The summed E-state index contributed by atoms with van der Waals surface area (Å²) >= 11 is 3.42. The van der Waals surface area contributed by atoms with Crippen molar-refractivity contribution in [2.75, 3.05) is 6.54 Å². The Hall–Kier alpha value is -1.13. The van der Waals surface area contributed by atoms with E-state index < -0.39 is 0 Å². The molecule has 0 aliphatic rings. The number of imidazole rings is 1. The predicted molar refractivity (Wildman–Crippen MR) is 69.2 cm³/mol. The summed E-state index contributed by atoms with van der Waals surface area (Å²) in [5.41, 5.74) is 7.67. The zero-order chi connectivity index (χ0) is 11.5. The van der Waals surface area contributed by atoms with Crippen molar-refractivity contribution in [3.8, 4) is 11.3 Å². The molecular weight excluding hydrogens is 266 g/mol. The second-order valence-corrected chi connectivity index (χ2v) is 4.58. The topological polar surface area (TPSA) is 43.8 Å². The van der Waals surface area contributed by atoms with Crippen LogP contribution in [-0.2, 0) is 6.54 Å². The minimum atomic E-state index is 0.636. The summed E-state index contributed by atoms with van der Waals surface area (Å²) in [6.45, 7) is 3.45. The monoisotopic (exact) mass is 279 g/mol. The van der Waals surface area contributed by atoms with Gasteiger partial charge in [0.05, 0.1) is 5.69 Å². The van der Waals surface area contributed by atoms with Crippen LogP contribution >= 0.6 is 15.9 Å². The van der Waals surface area contributed by atoms with Gasteiger partial charge in [-0.1, -0.05) is 28.1 Å². The van der Waals surface area contributed by atoms with Gasteiger partial charge in [0.25, 0.3) is 0 Å². The Morgan fingerprint density at radius 3 is 2.62 bits per heavy atom. The van der Waals surface area contributed by atoms with Gasteiger partial charge in [-0.15, -0.1) is 0 Å². The summed E-state index contributed by atoms with van der Waals surface area (Å²) in [6, 6.07) is 8.15. The third-order valence-electron chi connectivity index (χ3n) is 2.49. The molecule has 0 bridgehead atoms. The van der Waals surface area contributed by atoms with Crippen LogP contribution in [0.1, 0.15) is 5.82 Å². The number of halogens is 1. The van der Waals surface area contributed by atoms with Crippen LogP contribution in [0.15, 0.2) is 34.9 Å². The normalized spacial score (nSPS) is 10.7. The van der Waals surface area contributed by atoms with Crippen molar-refractivity contribution in [2.24, 2.45) is 5.73 Å². The third kappa shape index (κ3) is 2.33. The predicted octanol–water partition coefficient (Wildman–Crippen LogP) is 2.58. The number of hydrogen-bond donors (Lipinski definition) is 1. The Morgan fingerprint density at radius 1 is 1.31 bits per heavy atom. The first-order valence-electron chi connectivity index (χ1n) is 5.20. The number of hydrogen-bond acceptors (Lipinski definition) is 2. The number of nitrogens with zero attached hydrogens (tertiary/aromatic N) is 2. The first-order chi connectivity index (χ1) is 7.70. The van der Waals surface area contributed by atoms with Gasteiger partial charge in [0, 0.05) is 29.3 Å². The van der Waals surface area contributed by atoms with Gasteiger partial charge >= 0.3 is 0 Å². The molecule has 0 amide bonds. The maximum Gasteiger partial charge on any atom is 0.106 e. The van der Waals surface area contributed by atoms with E-state index >= 15 is 0 Å². The third-order valence-corrected chi connectivity index (χ3v) is 3.01. The molecule has 2 aromatic rings. The van der Waals surface area contributed by atoms with Gasteiger partial charge in [0.1, 0.15) is 5.82 Å². The number of benzene rings is 1. The van der Waals surface area contributed by atoms with Crippen LogP contribution < -0.4 is 5.73 Å². The highest BCUT2D eigenvalue weighted by atomic mass is 79.9. The van der Waals surface area contributed by atoms with Crippen molar-refractivity contribution >= 4 is 15.9 Å². The lowest BCUT2D eigenvalue weighted by Crippen LogP contribution is -2.10. The molecule has 0 saturated carbocycles. The van der Waals surface area contributed by atoms with E-state index in [9.17, 15) is 0 Å². The SMILES string of the molecule is Cc1nc(-c2ccc(Br)cc2)cn1CCN. The van der Waals surface area contributed by atoms with Crippen molar-refractivity contribution in [2.45, 2.75) is 13.5 Å². The van der Waals surface area contributed by atoms with Crippen molar-refractivity contribution in [3.63, 3.8) is 0 Å². The van der Waals surface area contributed by atoms with E-state index in [0.29, 0.717) is 6.54 Å². The van der Waals surface area contributed by atoms with Crippen LogP contribution in [0.2, 0.25) is 0 Å². The lowest BCUT2D eigenvalue weighted by atomic mass is 10.2. The zero-order valence-corrected chi connectivity index (χ0v) is 10.7. The van der Waals surface area contributed by atoms with Crippen molar-refractivity contribution in [1.82, 2.24) is 9.55 Å². The van der Waals surface area contributed by atoms with Gasteiger partial charge in [0.2, 0.25) is 0 Å². The summed E-state index contributed by atoms with van der Waals surface area (Å²) in [5.74, 6) is 1.00. The number of nitrogens with two attached hydrogens (primary N) is 1. The molecule has 1 aromatic heterocycles. The lowest BCUT2D eigenvalue weighted by Gasteiger charge is -1.99. The lowest BCUT2D eigenvalue weighted by molar-refractivity contribution is 0.684. The fourth-order valence-electron chi connectivity index (χ4n) is 1.63. The second-order valence-electron chi connectivity index (χ2n) is 3.66. The zero-order valence-electron chi connectivity index (χ0n) is 9.15. The van der Waals surface area contributed by atoms with Gasteiger partial charge < -0.3 is 10.3 Å². The second kappa shape index (κ2) is 4.80. The molecule has 84 valence electrons. The van der Waals surface area contributed by atoms with E-state index in [1.54, 1.807) is 0 Å². The van der Waals surface area contributed by atoms with E-state index in [1.807, 2.05) is 25.3 Å². The Morgan fingerprint density at radius 2 is 2.00 bits per heavy atom. The van der Waals surface area contributed by atoms with Crippen LogP contribution in [0, 0.1) is 6.92 Å². The molecule has 0 unspecified atom stereocenters. The van der Waals surface area contributed by atoms with E-state index in [0.717, 1.165) is 28.1 Å². The summed E-state index contributed by atoms with van der Waals surface area (Å²) in [5, 5.41) is 0. The van der Waals surface area contributed by atoms with Crippen LogP contribution in [-0.4, -0.2) is 16.1 Å².